The molecule has 4 nitrogen and oxygen atoms in total. The highest BCUT2D eigenvalue weighted by Gasteiger charge is 1.81. The van der Waals surface area contributed by atoms with Gasteiger partial charge < -0.3 is 21.2 Å². The Morgan fingerprint density at radius 1 is 1.40 bits per heavy atom. The first-order valence-electron chi connectivity index (χ1n) is 3.05. The SMILES string of the molecule is CCC(N)O.CN(C)C.O. The van der Waals surface area contributed by atoms with E-state index in [9.17, 15) is 0 Å². The lowest BCUT2D eigenvalue weighted by Crippen LogP contribution is -2.16. The number of nitrogens with zero attached hydrogens (tertiary/aromatic N) is 1. The van der Waals surface area contributed by atoms with E-state index in [1.165, 1.54) is 0 Å². The molecule has 10 heavy (non-hydrogen) atoms. The molecule has 0 radical (unpaired) electrons. The lowest BCUT2D eigenvalue weighted by atomic mass is 10.5. The van der Waals surface area contributed by atoms with Gasteiger partial charge in [0.2, 0.25) is 0 Å². The summed E-state index contributed by atoms with van der Waals surface area (Å²) in [6.45, 7) is 1.82. The highest BCUT2D eigenvalue weighted by molar-refractivity contribution is 4.31. The molecule has 1 atom stereocenters. The van der Waals surface area contributed by atoms with Crippen LogP contribution < -0.4 is 5.73 Å². The molecule has 0 amide bonds. The van der Waals surface area contributed by atoms with Crippen molar-refractivity contribution >= 4 is 0 Å². The molecule has 0 aliphatic heterocycles. The smallest absolute Gasteiger partial charge is 0.102 e. The highest BCUT2D eigenvalue weighted by atomic mass is 16.3. The van der Waals surface area contributed by atoms with Gasteiger partial charge in [0.15, 0.2) is 0 Å². The summed E-state index contributed by atoms with van der Waals surface area (Å²) in [7, 11) is 6.00. The van der Waals surface area contributed by atoms with Gasteiger partial charge in [0.25, 0.3) is 0 Å². The minimum absolute atomic E-state index is 0. The van der Waals surface area contributed by atoms with Gasteiger partial charge >= 0.3 is 0 Å². The first-order chi connectivity index (χ1) is 4.00. The van der Waals surface area contributed by atoms with Crippen molar-refractivity contribution in [1.82, 2.24) is 4.90 Å². The second-order valence-electron chi connectivity index (χ2n) is 2.32. The van der Waals surface area contributed by atoms with Gasteiger partial charge in [0.05, 0.1) is 0 Å². The zero-order valence-corrected chi connectivity index (χ0v) is 7.26. The summed E-state index contributed by atoms with van der Waals surface area (Å²) < 4.78 is 0. The third-order valence-electron chi connectivity index (χ3n) is 0.418. The zero-order valence-electron chi connectivity index (χ0n) is 7.26. The van der Waals surface area contributed by atoms with Gasteiger partial charge in [-0.25, -0.2) is 0 Å². The van der Waals surface area contributed by atoms with Crippen molar-refractivity contribution in [3.63, 3.8) is 0 Å². The molecule has 0 aromatic rings. The molecular formula is C6H20N2O2. The number of hydrogen-bond acceptors (Lipinski definition) is 3. The van der Waals surface area contributed by atoms with Crippen LogP contribution in [0.5, 0.6) is 0 Å². The minimum Gasteiger partial charge on any atom is -0.412 e. The van der Waals surface area contributed by atoms with E-state index in [0.29, 0.717) is 6.42 Å². The lowest BCUT2D eigenvalue weighted by Gasteiger charge is -1.91. The molecule has 1 unspecified atom stereocenters. The monoisotopic (exact) mass is 152 g/mol. The maximum absolute atomic E-state index is 8.14. The maximum Gasteiger partial charge on any atom is 0.102 e. The molecule has 0 heterocycles. The summed E-state index contributed by atoms with van der Waals surface area (Å²) in [5, 5.41) is 8.14. The molecule has 0 saturated carbocycles. The van der Waals surface area contributed by atoms with E-state index >= 15 is 0 Å². The summed E-state index contributed by atoms with van der Waals surface area (Å²) >= 11 is 0. The summed E-state index contributed by atoms with van der Waals surface area (Å²) in [6.07, 6.45) is 0.0231. The lowest BCUT2D eigenvalue weighted by molar-refractivity contribution is 0.178. The van der Waals surface area contributed by atoms with Crippen molar-refractivity contribution in [2.75, 3.05) is 21.1 Å². The Hall–Kier alpha value is -0.160. The predicted molar refractivity (Wildman–Crippen MR) is 43.7 cm³/mol. The van der Waals surface area contributed by atoms with Crippen LogP contribution in [-0.4, -0.2) is 42.9 Å². The Morgan fingerprint density at radius 2 is 1.50 bits per heavy atom. The Balaban J connectivity index is -0.0000000910. The number of aliphatic hydroxyl groups is 1. The van der Waals surface area contributed by atoms with Gasteiger partial charge in [-0.15, -0.1) is 0 Å². The number of nitrogens with two attached hydrogens (primary N) is 1. The van der Waals surface area contributed by atoms with Crippen LogP contribution in [0.3, 0.4) is 0 Å². The first-order valence-corrected chi connectivity index (χ1v) is 3.05. The van der Waals surface area contributed by atoms with Crippen molar-refractivity contribution in [1.29, 1.82) is 0 Å². The van der Waals surface area contributed by atoms with E-state index < -0.39 is 6.23 Å². The highest BCUT2D eigenvalue weighted by Crippen LogP contribution is 1.72. The van der Waals surface area contributed by atoms with Crippen LogP contribution in [0, 0.1) is 0 Å². The van der Waals surface area contributed by atoms with Crippen LogP contribution in [0.4, 0.5) is 0 Å². The normalized spacial score (nSPS) is 11.1. The van der Waals surface area contributed by atoms with Crippen molar-refractivity contribution < 1.29 is 10.6 Å². The largest absolute Gasteiger partial charge is 0.412 e. The molecule has 5 N–H and O–H groups in total. The molecule has 0 aliphatic rings. The molecule has 0 aromatic heterocycles. The molecule has 66 valence electrons. The average molecular weight is 152 g/mol. The summed E-state index contributed by atoms with van der Waals surface area (Å²) in [5.74, 6) is 0. The quantitative estimate of drug-likeness (QED) is 0.474. The van der Waals surface area contributed by atoms with Crippen molar-refractivity contribution in [3.05, 3.63) is 0 Å². The Bertz CT molecular complexity index is 46.3. The fraction of sp³-hybridized carbons (Fsp3) is 1.00. The molecule has 0 aromatic carbocycles. The zero-order chi connectivity index (χ0) is 7.86. The van der Waals surface area contributed by atoms with Gasteiger partial charge in [0.1, 0.15) is 6.23 Å². The topological polar surface area (TPSA) is 81.0 Å². The second-order valence-corrected chi connectivity index (χ2v) is 2.32. The van der Waals surface area contributed by atoms with Gasteiger partial charge in [-0.2, -0.15) is 0 Å². The third-order valence-corrected chi connectivity index (χ3v) is 0.418. The standard InChI is InChI=1S/C3H9NO.C3H9N.H2O/c1-2-3(4)5;1-4(2)3;/h3,5H,2,4H2,1H3;1-3H3;1H2. The molecule has 0 fully saturated rings. The van der Waals surface area contributed by atoms with E-state index in [0.717, 1.165) is 0 Å². The summed E-state index contributed by atoms with van der Waals surface area (Å²) in [5.41, 5.74) is 4.85. The van der Waals surface area contributed by atoms with E-state index in [4.69, 9.17) is 10.8 Å². The van der Waals surface area contributed by atoms with Crippen LogP contribution in [0.1, 0.15) is 13.3 Å². The summed E-state index contributed by atoms with van der Waals surface area (Å²) in [4.78, 5) is 2.00. The van der Waals surface area contributed by atoms with Gasteiger partial charge in [-0.3, -0.25) is 0 Å². The van der Waals surface area contributed by atoms with Crippen molar-refractivity contribution in [3.8, 4) is 0 Å². The fourth-order valence-electron chi connectivity index (χ4n) is 0. The summed E-state index contributed by atoms with van der Waals surface area (Å²) in [6, 6.07) is 0. The van der Waals surface area contributed by atoms with Gasteiger partial charge in [0, 0.05) is 0 Å². The van der Waals surface area contributed by atoms with E-state index in [-0.39, 0.29) is 5.48 Å². The molecule has 0 bridgehead atoms. The van der Waals surface area contributed by atoms with Crippen molar-refractivity contribution in [2.24, 2.45) is 5.73 Å². The number of hydrogen-bond donors (Lipinski definition) is 2. The van der Waals surface area contributed by atoms with Gasteiger partial charge in [-0.1, -0.05) is 6.92 Å². The molecule has 0 spiro atoms. The molecular weight excluding hydrogens is 132 g/mol. The third kappa shape index (κ3) is 108. The Labute approximate surface area is 62.9 Å². The molecule has 0 saturated heterocycles. The predicted octanol–water partition coefficient (Wildman–Crippen LogP) is -0.973. The Kier molecular flexibility index (Phi) is 19.1. The second kappa shape index (κ2) is 11.6. The van der Waals surface area contributed by atoms with Crippen LogP contribution >= 0.6 is 0 Å². The molecule has 4 heteroatoms. The number of rotatable bonds is 1. The first kappa shape index (κ1) is 16.4. The van der Waals surface area contributed by atoms with E-state index in [2.05, 4.69) is 0 Å². The molecule has 0 aliphatic carbocycles. The van der Waals surface area contributed by atoms with E-state index in [1.54, 1.807) is 0 Å². The van der Waals surface area contributed by atoms with Crippen LogP contribution in [-0.2, 0) is 0 Å². The van der Waals surface area contributed by atoms with Crippen LogP contribution in [0.2, 0.25) is 0 Å². The van der Waals surface area contributed by atoms with Crippen LogP contribution in [0.25, 0.3) is 0 Å². The maximum atomic E-state index is 8.14. The average Bonchev–Trinajstić information content (AvgIpc) is 1.65. The molecule has 0 rings (SSSR count). The minimum atomic E-state index is -0.616. The number of aliphatic hydroxyl groups excluding tert-OH is 1. The van der Waals surface area contributed by atoms with Crippen molar-refractivity contribution in [2.45, 2.75) is 19.6 Å². The Morgan fingerprint density at radius 3 is 1.50 bits per heavy atom. The fourth-order valence-corrected chi connectivity index (χ4v) is 0. The van der Waals surface area contributed by atoms with Crippen LogP contribution in [0.15, 0.2) is 0 Å². The van der Waals surface area contributed by atoms with E-state index in [1.807, 2.05) is 33.0 Å². The van der Waals surface area contributed by atoms with Gasteiger partial charge in [-0.05, 0) is 27.6 Å².